The van der Waals surface area contributed by atoms with E-state index in [-0.39, 0.29) is 0 Å². The molecule has 1 aliphatic heterocycles. The van der Waals surface area contributed by atoms with Crippen LogP contribution in [0.3, 0.4) is 0 Å². The first-order chi connectivity index (χ1) is 9.34. The summed E-state index contributed by atoms with van der Waals surface area (Å²) in [6, 6.07) is 17.4. The second-order valence-electron chi connectivity index (χ2n) is 5.20. The molecule has 1 aliphatic rings. The summed E-state index contributed by atoms with van der Waals surface area (Å²) in [6.45, 7) is 1.12. The molecule has 0 spiro atoms. The molecule has 0 amide bonds. The second kappa shape index (κ2) is 3.89. The summed E-state index contributed by atoms with van der Waals surface area (Å²) < 4.78 is 2.30. The van der Waals surface area contributed by atoms with Crippen molar-refractivity contribution in [2.24, 2.45) is 0 Å². The van der Waals surface area contributed by atoms with E-state index in [4.69, 9.17) is 0 Å². The zero-order valence-corrected chi connectivity index (χ0v) is 11.0. The van der Waals surface area contributed by atoms with Crippen LogP contribution in [0.5, 0.6) is 0 Å². The Kier molecular flexibility index (Phi) is 2.18. The molecular weight excluding hydrogens is 232 g/mol. The van der Waals surface area contributed by atoms with Gasteiger partial charge < -0.3 is 9.47 Å². The molecule has 2 aromatic carbocycles. The summed E-state index contributed by atoms with van der Waals surface area (Å²) in [5, 5.41) is 1.29. The van der Waals surface area contributed by atoms with Crippen molar-refractivity contribution < 1.29 is 0 Å². The molecular formula is C17H16N2. The highest BCUT2D eigenvalue weighted by Crippen LogP contribution is 2.34. The first-order valence-electron chi connectivity index (χ1n) is 6.74. The Morgan fingerprint density at radius 3 is 2.79 bits per heavy atom. The fourth-order valence-electron chi connectivity index (χ4n) is 3.11. The molecule has 0 atom stereocenters. The van der Waals surface area contributed by atoms with Crippen molar-refractivity contribution in [1.82, 2.24) is 4.57 Å². The Morgan fingerprint density at radius 1 is 0.947 bits per heavy atom. The van der Waals surface area contributed by atoms with Gasteiger partial charge in [0.1, 0.15) is 0 Å². The van der Waals surface area contributed by atoms with Gasteiger partial charge in [-0.05, 0) is 35.6 Å². The Bertz CT molecular complexity index is 755. The molecule has 4 rings (SSSR count). The molecule has 0 fully saturated rings. The molecule has 1 aromatic heterocycles. The molecule has 2 heterocycles. The van der Waals surface area contributed by atoms with Gasteiger partial charge in [-0.2, -0.15) is 0 Å². The molecule has 0 unspecified atom stereocenters. The standard InChI is InChI=1S/C17H16N2/c1-18-11-9-14-6-4-8-16(17(14)18)19-12-10-13-5-2-3-7-15(13)19/h2-8,10,12H,9,11H2,1H3. The van der Waals surface area contributed by atoms with Crippen molar-refractivity contribution >= 4 is 16.6 Å². The molecule has 2 heteroatoms. The van der Waals surface area contributed by atoms with Crippen molar-refractivity contribution in [1.29, 1.82) is 0 Å². The van der Waals surface area contributed by atoms with Gasteiger partial charge in [0.25, 0.3) is 0 Å². The predicted molar refractivity (Wildman–Crippen MR) is 80.2 cm³/mol. The topological polar surface area (TPSA) is 8.17 Å². The molecule has 0 aliphatic carbocycles. The highest BCUT2D eigenvalue weighted by Gasteiger charge is 2.20. The number of likely N-dealkylation sites (N-methyl/N-ethyl adjacent to an activating group) is 1. The first kappa shape index (κ1) is 10.7. The van der Waals surface area contributed by atoms with Gasteiger partial charge in [0, 0.05) is 19.8 Å². The summed E-state index contributed by atoms with van der Waals surface area (Å²) >= 11 is 0. The number of nitrogens with zero attached hydrogens (tertiary/aromatic N) is 2. The van der Waals surface area contributed by atoms with Gasteiger partial charge in [-0.1, -0.05) is 30.3 Å². The van der Waals surface area contributed by atoms with Crippen LogP contribution >= 0.6 is 0 Å². The van der Waals surface area contributed by atoms with E-state index in [0.717, 1.165) is 13.0 Å². The Hall–Kier alpha value is -2.22. The number of anilines is 1. The summed E-state index contributed by atoms with van der Waals surface area (Å²) in [6.07, 6.45) is 3.32. The van der Waals surface area contributed by atoms with Crippen LogP contribution < -0.4 is 4.90 Å². The molecule has 0 N–H and O–H groups in total. The zero-order chi connectivity index (χ0) is 12.8. The van der Waals surface area contributed by atoms with Crippen molar-refractivity contribution in [3.8, 4) is 5.69 Å². The minimum absolute atomic E-state index is 1.12. The van der Waals surface area contributed by atoms with Crippen LogP contribution in [0, 0.1) is 0 Å². The summed E-state index contributed by atoms with van der Waals surface area (Å²) in [5.41, 5.74) is 5.40. The van der Waals surface area contributed by atoms with Crippen LogP contribution in [0.4, 0.5) is 5.69 Å². The number of fused-ring (bicyclic) bond motifs is 2. The highest BCUT2D eigenvalue weighted by molar-refractivity contribution is 5.84. The summed E-state index contributed by atoms with van der Waals surface area (Å²) in [5.74, 6) is 0. The third-order valence-electron chi connectivity index (χ3n) is 4.06. The van der Waals surface area contributed by atoms with E-state index >= 15 is 0 Å². The van der Waals surface area contributed by atoms with E-state index in [1.54, 1.807) is 0 Å². The van der Waals surface area contributed by atoms with E-state index in [2.05, 4.69) is 71.2 Å². The zero-order valence-electron chi connectivity index (χ0n) is 11.0. The smallest absolute Gasteiger partial charge is 0.0692 e. The quantitative estimate of drug-likeness (QED) is 0.638. The maximum Gasteiger partial charge on any atom is 0.0692 e. The molecule has 2 nitrogen and oxygen atoms in total. The van der Waals surface area contributed by atoms with Crippen LogP contribution in [0.25, 0.3) is 16.6 Å². The van der Waals surface area contributed by atoms with Crippen LogP contribution in [0.15, 0.2) is 54.7 Å². The number of hydrogen-bond donors (Lipinski definition) is 0. The molecule has 0 saturated heterocycles. The van der Waals surface area contributed by atoms with Gasteiger partial charge in [-0.25, -0.2) is 0 Å². The largest absolute Gasteiger partial charge is 0.372 e. The van der Waals surface area contributed by atoms with Crippen LogP contribution in [-0.4, -0.2) is 18.2 Å². The number of rotatable bonds is 1. The van der Waals surface area contributed by atoms with Gasteiger partial charge in [0.05, 0.1) is 16.9 Å². The normalized spacial score (nSPS) is 14.1. The van der Waals surface area contributed by atoms with E-state index in [1.165, 1.54) is 27.8 Å². The molecule has 0 saturated carbocycles. The molecule has 94 valence electrons. The Morgan fingerprint density at radius 2 is 1.84 bits per heavy atom. The number of hydrogen-bond acceptors (Lipinski definition) is 1. The first-order valence-corrected chi connectivity index (χ1v) is 6.74. The van der Waals surface area contributed by atoms with E-state index < -0.39 is 0 Å². The number of aromatic nitrogens is 1. The molecule has 0 radical (unpaired) electrons. The lowest BCUT2D eigenvalue weighted by Gasteiger charge is -2.18. The Balaban J connectivity index is 2.01. The fraction of sp³-hybridized carbons (Fsp3) is 0.176. The average Bonchev–Trinajstić information content (AvgIpc) is 3.03. The summed E-state index contributed by atoms with van der Waals surface area (Å²) in [7, 11) is 2.18. The van der Waals surface area contributed by atoms with Crippen LogP contribution in [0.1, 0.15) is 5.56 Å². The number of para-hydroxylation sites is 2. The van der Waals surface area contributed by atoms with E-state index in [0.29, 0.717) is 0 Å². The SMILES string of the molecule is CN1CCc2cccc(-n3ccc4ccccc43)c21. The monoisotopic (exact) mass is 248 g/mol. The lowest BCUT2D eigenvalue weighted by atomic mass is 10.1. The van der Waals surface area contributed by atoms with E-state index in [9.17, 15) is 0 Å². The van der Waals surface area contributed by atoms with E-state index in [1.807, 2.05) is 0 Å². The van der Waals surface area contributed by atoms with Crippen molar-refractivity contribution in [2.75, 3.05) is 18.5 Å². The van der Waals surface area contributed by atoms with Gasteiger partial charge in [0.15, 0.2) is 0 Å². The van der Waals surface area contributed by atoms with Gasteiger partial charge >= 0.3 is 0 Å². The minimum atomic E-state index is 1.12. The Labute approximate surface area is 112 Å². The lowest BCUT2D eigenvalue weighted by molar-refractivity contribution is 0.951. The highest BCUT2D eigenvalue weighted by atomic mass is 15.1. The lowest BCUT2D eigenvalue weighted by Crippen LogP contribution is -2.14. The molecule has 19 heavy (non-hydrogen) atoms. The molecule has 0 bridgehead atoms. The maximum absolute atomic E-state index is 2.36. The van der Waals surface area contributed by atoms with Gasteiger partial charge in [-0.15, -0.1) is 0 Å². The number of benzene rings is 2. The van der Waals surface area contributed by atoms with Crippen molar-refractivity contribution in [2.45, 2.75) is 6.42 Å². The van der Waals surface area contributed by atoms with Crippen LogP contribution in [-0.2, 0) is 6.42 Å². The second-order valence-corrected chi connectivity index (χ2v) is 5.20. The fourth-order valence-corrected chi connectivity index (χ4v) is 3.11. The average molecular weight is 248 g/mol. The van der Waals surface area contributed by atoms with Crippen LogP contribution in [0.2, 0.25) is 0 Å². The van der Waals surface area contributed by atoms with Crippen molar-refractivity contribution in [3.63, 3.8) is 0 Å². The predicted octanol–water partition coefficient (Wildman–Crippen LogP) is 3.62. The third-order valence-corrected chi connectivity index (χ3v) is 4.06. The van der Waals surface area contributed by atoms with Gasteiger partial charge in [0.2, 0.25) is 0 Å². The van der Waals surface area contributed by atoms with Gasteiger partial charge in [-0.3, -0.25) is 0 Å². The third kappa shape index (κ3) is 1.49. The maximum atomic E-state index is 2.36. The summed E-state index contributed by atoms with van der Waals surface area (Å²) in [4.78, 5) is 2.36. The molecule has 3 aromatic rings. The minimum Gasteiger partial charge on any atom is -0.372 e. The van der Waals surface area contributed by atoms with Crippen molar-refractivity contribution in [3.05, 3.63) is 60.3 Å².